The number of nitrogen functional groups attached to an aromatic ring is 1. The number of anilines is 2. The molecule has 0 saturated heterocycles. The van der Waals surface area contributed by atoms with Crippen molar-refractivity contribution < 1.29 is 14.6 Å². The lowest BCUT2D eigenvalue weighted by Crippen LogP contribution is -2.07. The van der Waals surface area contributed by atoms with E-state index in [1.807, 2.05) is 24.3 Å². The number of nitrogens with one attached hydrogen (secondary N) is 1. The van der Waals surface area contributed by atoms with Crippen LogP contribution in [0.4, 0.5) is 11.5 Å². The Balaban J connectivity index is 2.15. The molecule has 0 radical (unpaired) electrons. The highest BCUT2D eigenvalue weighted by atomic mass is 16.5. The number of nitrogens with zero attached hydrogens (tertiary/aromatic N) is 1. The Hall–Kier alpha value is -2.76. The lowest BCUT2D eigenvalue weighted by atomic mass is 10.2. The molecule has 2 rings (SSSR count). The second kappa shape index (κ2) is 5.92. The molecule has 6 nitrogen and oxygen atoms in total. The van der Waals surface area contributed by atoms with Gasteiger partial charge in [0.2, 0.25) is 0 Å². The fourth-order valence-electron chi connectivity index (χ4n) is 1.78. The topological polar surface area (TPSA) is 97.5 Å². The van der Waals surface area contributed by atoms with Gasteiger partial charge < -0.3 is 20.9 Å². The Morgan fingerprint density at radius 1 is 1.45 bits per heavy atom. The summed E-state index contributed by atoms with van der Waals surface area (Å²) in [7, 11) is 1.60. The summed E-state index contributed by atoms with van der Waals surface area (Å²) in [5, 5.41) is 12.1. The molecule has 20 heavy (non-hydrogen) atoms. The van der Waals surface area contributed by atoms with E-state index in [0.717, 1.165) is 11.3 Å². The van der Waals surface area contributed by atoms with Crippen molar-refractivity contribution in [3.05, 3.63) is 47.7 Å². The number of carboxylic acid groups (broad SMARTS) is 1. The first-order valence-corrected chi connectivity index (χ1v) is 5.96. The molecule has 4 N–H and O–H groups in total. The van der Waals surface area contributed by atoms with Gasteiger partial charge in [-0.25, -0.2) is 9.78 Å². The maximum Gasteiger partial charge on any atom is 0.337 e. The summed E-state index contributed by atoms with van der Waals surface area (Å²) in [6.45, 7) is 0.472. The van der Waals surface area contributed by atoms with Gasteiger partial charge in [-0.1, -0.05) is 18.2 Å². The highest BCUT2D eigenvalue weighted by Gasteiger charge is 2.10. The van der Waals surface area contributed by atoms with E-state index in [-0.39, 0.29) is 11.3 Å². The maximum atomic E-state index is 11.0. The van der Waals surface area contributed by atoms with Crippen molar-refractivity contribution in [3.8, 4) is 5.75 Å². The second-order valence-corrected chi connectivity index (χ2v) is 4.13. The summed E-state index contributed by atoms with van der Waals surface area (Å²) >= 11 is 0. The average molecular weight is 273 g/mol. The number of para-hydroxylation sites is 1. The smallest absolute Gasteiger partial charge is 0.337 e. The molecular formula is C14H15N3O3. The van der Waals surface area contributed by atoms with E-state index in [0.29, 0.717) is 12.4 Å². The predicted molar refractivity (Wildman–Crippen MR) is 75.9 cm³/mol. The molecule has 0 atom stereocenters. The van der Waals surface area contributed by atoms with Crippen LogP contribution >= 0.6 is 0 Å². The molecule has 1 aromatic heterocycles. The third kappa shape index (κ3) is 2.97. The zero-order valence-corrected chi connectivity index (χ0v) is 11.0. The normalized spacial score (nSPS) is 10.1. The molecule has 0 aliphatic rings. The molecule has 0 fully saturated rings. The highest BCUT2D eigenvalue weighted by molar-refractivity contribution is 5.94. The van der Waals surface area contributed by atoms with Crippen LogP contribution in [0.15, 0.2) is 36.5 Å². The molecule has 2 aromatic rings. The summed E-state index contributed by atoms with van der Waals surface area (Å²) in [6.07, 6.45) is 1.33. The summed E-state index contributed by atoms with van der Waals surface area (Å²) in [5.74, 6) is 0.127. The largest absolute Gasteiger partial charge is 0.496 e. The number of aromatic nitrogens is 1. The van der Waals surface area contributed by atoms with Gasteiger partial charge in [0.1, 0.15) is 11.6 Å². The Morgan fingerprint density at radius 3 is 2.90 bits per heavy atom. The van der Waals surface area contributed by atoms with E-state index in [9.17, 15) is 4.79 Å². The highest BCUT2D eigenvalue weighted by Crippen LogP contribution is 2.20. The molecule has 0 saturated carbocycles. The standard InChI is InChI=1S/C14H15N3O3/c1-20-12-5-3-2-4-9(12)7-16-13-6-10(14(18)19)11(15)8-17-13/h2-6,8H,7,15H2,1H3,(H,16,17)(H,18,19). The lowest BCUT2D eigenvalue weighted by Gasteiger charge is -2.10. The number of nitrogens with two attached hydrogens (primary N) is 1. The minimum absolute atomic E-state index is 0.0301. The molecule has 0 spiro atoms. The SMILES string of the molecule is COc1ccccc1CNc1cc(C(=O)O)c(N)cn1. The van der Waals surface area contributed by atoms with Crippen molar-refractivity contribution in [1.29, 1.82) is 0 Å². The fraction of sp³-hybridized carbons (Fsp3) is 0.143. The van der Waals surface area contributed by atoms with E-state index >= 15 is 0 Å². The van der Waals surface area contributed by atoms with Gasteiger partial charge >= 0.3 is 5.97 Å². The molecular weight excluding hydrogens is 258 g/mol. The molecule has 1 heterocycles. The third-order valence-corrected chi connectivity index (χ3v) is 2.82. The lowest BCUT2D eigenvalue weighted by molar-refractivity contribution is 0.0698. The van der Waals surface area contributed by atoms with Crippen LogP contribution in [0.1, 0.15) is 15.9 Å². The summed E-state index contributed by atoms with van der Waals surface area (Å²) < 4.78 is 5.24. The second-order valence-electron chi connectivity index (χ2n) is 4.13. The van der Waals surface area contributed by atoms with E-state index in [2.05, 4.69) is 10.3 Å². The number of carbonyl (C=O) groups is 1. The number of hydrogen-bond acceptors (Lipinski definition) is 5. The average Bonchev–Trinajstić information content (AvgIpc) is 2.46. The van der Waals surface area contributed by atoms with Crippen molar-refractivity contribution in [3.63, 3.8) is 0 Å². The van der Waals surface area contributed by atoms with Crippen LogP contribution in [0.2, 0.25) is 0 Å². The first kappa shape index (κ1) is 13.7. The molecule has 6 heteroatoms. The number of methoxy groups -OCH3 is 1. The van der Waals surface area contributed by atoms with Gasteiger partial charge in [-0.05, 0) is 12.1 Å². The minimum Gasteiger partial charge on any atom is -0.496 e. The zero-order chi connectivity index (χ0) is 14.5. The quantitative estimate of drug-likeness (QED) is 0.770. The number of benzene rings is 1. The Bertz CT molecular complexity index is 629. The van der Waals surface area contributed by atoms with Gasteiger partial charge in [0.15, 0.2) is 0 Å². The fourth-order valence-corrected chi connectivity index (χ4v) is 1.78. The summed E-state index contributed by atoms with van der Waals surface area (Å²) in [4.78, 5) is 15.0. The number of ether oxygens (including phenoxy) is 1. The van der Waals surface area contributed by atoms with Gasteiger partial charge in [-0.2, -0.15) is 0 Å². The van der Waals surface area contributed by atoms with Crippen molar-refractivity contribution in [2.75, 3.05) is 18.2 Å². The zero-order valence-electron chi connectivity index (χ0n) is 11.0. The van der Waals surface area contributed by atoms with Crippen LogP contribution in [0.3, 0.4) is 0 Å². The van der Waals surface area contributed by atoms with Crippen molar-refractivity contribution in [2.45, 2.75) is 6.54 Å². The van der Waals surface area contributed by atoms with Gasteiger partial charge in [-0.15, -0.1) is 0 Å². The molecule has 0 amide bonds. The van der Waals surface area contributed by atoms with Crippen molar-refractivity contribution in [2.24, 2.45) is 0 Å². The predicted octanol–water partition coefficient (Wildman–Crippen LogP) is 1.98. The van der Waals surface area contributed by atoms with E-state index in [1.54, 1.807) is 7.11 Å². The molecule has 1 aromatic carbocycles. The van der Waals surface area contributed by atoms with Gasteiger partial charge in [0.25, 0.3) is 0 Å². The monoisotopic (exact) mass is 273 g/mol. The van der Waals surface area contributed by atoms with Crippen LogP contribution in [0, 0.1) is 0 Å². The first-order valence-electron chi connectivity index (χ1n) is 5.96. The van der Waals surface area contributed by atoms with Gasteiger partial charge in [0.05, 0.1) is 24.6 Å². The van der Waals surface area contributed by atoms with Crippen LogP contribution in [-0.2, 0) is 6.54 Å². The molecule has 0 unspecified atom stereocenters. The van der Waals surface area contributed by atoms with E-state index in [4.69, 9.17) is 15.6 Å². The molecule has 0 bridgehead atoms. The van der Waals surface area contributed by atoms with Gasteiger partial charge in [0, 0.05) is 12.1 Å². The van der Waals surface area contributed by atoms with Gasteiger partial charge in [-0.3, -0.25) is 0 Å². The van der Waals surface area contributed by atoms with E-state index < -0.39 is 5.97 Å². The number of hydrogen-bond donors (Lipinski definition) is 3. The summed E-state index contributed by atoms with van der Waals surface area (Å²) in [6, 6.07) is 8.97. The summed E-state index contributed by atoms with van der Waals surface area (Å²) in [5.41, 5.74) is 6.67. The van der Waals surface area contributed by atoms with Crippen LogP contribution in [-0.4, -0.2) is 23.2 Å². The van der Waals surface area contributed by atoms with E-state index in [1.165, 1.54) is 12.3 Å². The van der Waals surface area contributed by atoms with Crippen LogP contribution < -0.4 is 15.8 Å². The van der Waals surface area contributed by atoms with Crippen molar-refractivity contribution >= 4 is 17.5 Å². The van der Waals surface area contributed by atoms with Crippen LogP contribution in [0.25, 0.3) is 0 Å². The number of aromatic carboxylic acids is 1. The molecule has 0 aliphatic heterocycles. The third-order valence-electron chi connectivity index (χ3n) is 2.82. The minimum atomic E-state index is -1.08. The van der Waals surface area contributed by atoms with Crippen molar-refractivity contribution in [1.82, 2.24) is 4.98 Å². The maximum absolute atomic E-state index is 11.0. The Labute approximate surface area is 116 Å². The Morgan fingerprint density at radius 2 is 2.20 bits per heavy atom. The molecule has 104 valence electrons. The Kier molecular flexibility index (Phi) is 4.05. The van der Waals surface area contributed by atoms with Crippen LogP contribution in [0.5, 0.6) is 5.75 Å². The first-order chi connectivity index (χ1) is 9.61. The number of carboxylic acids is 1. The number of rotatable bonds is 5. The number of pyridine rings is 1. The molecule has 0 aliphatic carbocycles.